The Bertz CT molecular complexity index is 619. The van der Waals surface area contributed by atoms with Gasteiger partial charge in [0.05, 0.1) is 5.75 Å². The van der Waals surface area contributed by atoms with Crippen LogP contribution in [0.15, 0.2) is 42.5 Å². The maximum Gasteiger partial charge on any atom is 1.00 e. The van der Waals surface area contributed by atoms with Gasteiger partial charge in [0.15, 0.2) is 0 Å². The normalized spacial score (nSPS) is 10.9. The molecule has 0 atom stereocenters. The number of rotatable bonds is 4. The Hall–Kier alpha value is -0.539. The number of hydrogen-bond donors (Lipinski definition) is 1. The van der Waals surface area contributed by atoms with E-state index in [1.807, 2.05) is 0 Å². The van der Waals surface area contributed by atoms with E-state index in [4.69, 9.17) is 4.74 Å². The first-order chi connectivity index (χ1) is 9.36. The molecule has 2 aromatic rings. The maximum absolute atomic E-state index is 13.0. The van der Waals surface area contributed by atoms with Crippen LogP contribution in [0, 0.1) is 5.82 Å². The molecule has 8 heteroatoms. The van der Waals surface area contributed by atoms with Crippen molar-refractivity contribution in [3.8, 4) is 11.5 Å². The van der Waals surface area contributed by atoms with Crippen LogP contribution in [0.3, 0.4) is 0 Å². The molecule has 1 N–H and O–H groups in total. The van der Waals surface area contributed by atoms with Crippen molar-refractivity contribution in [1.82, 2.24) is 0 Å². The molecule has 0 radical (unpaired) electrons. The fourth-order valence-electron chi connectivity index (χ4n) is 1.71. The van der Waals surface area contributed by atoms with Crippen molar-refractivity contribution < 1.29 is 78.6 Å². The molecule has 21 heavy (non-hydrogen) atoms. The number of halogens is 4. The number of benzene rings is 2. The first kappa shape index (κ1) is 18.5. The maximum atomic E-state index is 13.0. The molecule has 0 unspecified atom stereocenters. The van der Waals surface area contributed by atoms with Crippen molar-refractivity contribution in [3.63, 3.8) is 0 Å². The van der Waals surface area contributed by atoms with Gasteiger partial charge in [-0.05, 0) is 23.8 Å². The summed E-state index contributed by atoms with van der Waals surface area (Å²) in [6.07, 6.45) is 0. The summed E-state index contributed by atoms with van der Waals surface area (Å²) in [6, 6.07) is 8.01. The molecule has 106 valence electrons. The van der Waals surface area contributed by atoms with Crippen molar-refractivity contribution >= 4 is 12.4 Å². The summed E-state index contributed by atoms with van der Waals surface area (Å²) in [5.41, 5.74) is -0.499. The molecule has 2 nitrogen and oxygen atoms in total. The first-order valence-electron chi connectivity index (χ1n) is 5.76. The van der Waals surface area contributed by atoms with E-state index in [0.29, 0.717) is 17.7 Å². The molecule has 0 spiro atoms. The molecular weight excluding hydrogens is 314 g/mol. The Labute approximate surface area is 161 Å². The van der Waals surface area contributed by atoms with Crippen LogP contribution in [0.5, 0.6) is 11.5 Å². The summed E-state index contributed by atoms with van der Waals surface area (Å²) in [6.45, 7) is -5.48. The van der Waals surface area contributed by atoms with Crippen LogP contribution in [0.4, 0.5) is 17.3 Å². The Morgan fingerprint density at radius 2 is 1.76 bits per heavy atom. The summed E-state index contributed by atoms with van der Waals surface area (Å²) in [4.78, 5) is 0. The monoisotopic (exact) mass is 324 g/mol. The van der Waals surface area contributed by atoms with E-state index in [9.17, 15) is 22.4 Å². The Morgan fingerprint density at radius 3 is 2.38 bits per heavy atom. The number of phenolic OH excluding ortho intramolecular Hbond substituents is 1. The summed E-state index contributed by atoms with van der Waals surface area (Å²) >= 11 is 0. The Balaban J connectivity index is 0.00000220. The van der Waals surface area contributed by atoms with Gasteiger partial charge in [-0.25, -0.2) is 4.39 Å². The predicted octanol–water partition coefficient (Wildman–Crippen LogP) is 0.169. The van der Waals surface area contributed by atoms with Crippen LogP contribution < -0.4 is 61.6 Å². The largest absolute Gasteiger partial charge is 1.00 e. The third-order valence-corrected chi connectivity index (χ3v) is 2.63. The molecule has 0 saturated heterocycles. The van der Waals surface area contributed by atoms with Gasteiger partial charge >= 0.3 is 58.4 Å². The smallest absolute Gasteiger partial charge is 0.508 e. The van der Waals surface area contributed by atoms with Crippen LogP contribution in [-0.4, -0.2) is 12.1 Å². The van der Waals surface area contributed by atoms with Gasteiger partial charge in [-0.15, -0.1) is 0 Å². The number of aromatic hydroxyl groups is 1. The number of hydrogen-bond acceptors (Lipinski definition) is 2. The van der Waals surface area contributed by atoms with E-state index >= 15 is 0 Å². The van der Waals surface area contributed by atoms with Crippen LogP contribution in [0.2, 0.25) is 0 Å². The van der Waals surface area contributed by atoms with E-state index in [-0.39, 0.29) is 63.7 Å². The van der Waals surface area contributed by atoms with E-state index in [1.165, 1.54) is 18.2 Å². The minimum atomic E-state index is -5.28. The molecule has 2 rings (SSSR count). The van der Waals surface area contributed by atoms with Crippen molar-refractivity contribution in [3.05, 3.63) is 53.8 Å². The SMILES string of the molecule is Oc1cccc(COc2cc(F)ccc2[B-](F)(F)F)c1.[K+]. The molecular formula is C13H10BF4KO2. The molecule has 0 fully saturated rings. The molecule has 0 amide bonds. The van der Waals surface area contributed by atoms with Gasteiger partial charge in [-0.3, -0.25) is 0 Å². The van der Waals surface area contributed by atoms with Crippen molar-refractivity contribution in [1.29, 1.82) is 0 Å². The van der Waals surface area contributed by atoms with Gasteiger partial charge in [0, 0.05) is 6.07 Å². The second kappa shape index (κ2) is 7.64. The average molecular weight is 324 g/mol. The van der Waals surface area contributed by atoms with Crippen molar-refractivity contribution in [2.45, 2.75) is 6.61 Å². The average Bonchev–Trinajstić information content (AvgIpc) is 2.35. The summed E-state index contributed by atoms with van der Waals surface area (Å²) in [5, 5.41) is 9.25. The van der Waals surface area contributed by atoms with Gasteiger partial charge in [-0.2, -0.15) is 0 Å². The topological polar surface area (TPSA) is 29.5 Å². The van der Waals surface area contributed by atoms with E-state index in [2.05, 4.69) is 0 Å². The molecule has 2 aromatic carbocycles. The van der Waals surface area contributed by atoms with Crippen LogP contribution in [0.1, 0.15) is 5.56 Å². The summed E-state index contributed by atoms with van der Waals surface area (Å²) in [5.74, 6) is -1.38. The fourth-order valence-corrected chi connectivity index (χ4v) is 1.71. The Kier molecular flexibility index (Phi) is 6.74. The van der Waals surface area contributed by atoms with Gasteiger partial charge in [-0.1, -0.05) is 23.7 Å². The fraction of sp³-hybridized carbons (Fsp3) is 0.0769. The molecule has 0 saturated carbocycles. The zero-order valence-corrected chi connectivity index (χ0v) is 14.3. The van der Waals surface area contributed by atoms with E-state index in [0.717, 1.165) is 6.07 Å². The zero-order valence-electron chi connectivity index (χ0n) is 11.2. The predicted molar refractivity (Wildman–Crippen MR) is 67.6 cm³/mol. The molecule has 0 bridgehead atoms. The molecule has 0 aliphatic carbocycles. The number of ether oxygens (including phenoxy) is 1. The van der Waals surface area contributed by atoms with Gasteiger partial charge in [0.1, 0.15) is 18.2 Å². The second-order valence-electron chi connectivity index (χ2n) is 4.22. The van der Waals surface area contributed by atoms with Crippen LogP contribution >= 0.6 is 0 Å². The van der Waals surface area contributed by atoms with Crippen molar-refractivity contribution in [2.24, 2.45) is 0 Å². The van der Waals surface area contributed by atoms with Crippen molar-refractivity contribution in [2.75, 3.05) is 0 Å². The molecule has 0 aliphatic rings. The van der Waals surface area contributed by atoms with Crippen LogP contribution in [0.25, 0.3) is 0 Å². The second-order valence-corrected chi connectivity index (χ2v) is 4.22. The van der Waals surface area contributed by atoms with E-state index < -0.39 is 24.0 Å². The quantitative estimate of drug-likeness (QED) is 0.642. The first-order valence-corrected chi connectivity index (χ1v) is 5.76. The Morgan fingerprint density at radius 1 is 1.05 bits per heavy atom. The zero-order chi connectivity index (χ0) is 14.8. The minimum absolute atomic E-state index is 0. The summed E-state index contributed by atoms with van der Waals surface area (Å²) < 4.78 is 56.4. The minimum Gasteiger partial charge on any atom is -0.508 e. The third-order valence-electron chi connectivity index (χ3n) is 2.63. The van der Waals surface area contributed by atoms with Gasteiger partial charge < -0.3 is 22.8 Å². The van der Waals surface area contributed by atoms with Crippen LogP contribution in [-0.2, 0) is 6.61 Å². The number of phenols is 1. The summed E-state index contributed by atoms with van der Waals surface area (Å²) in [7, 11) is 0. The molecule has 0 aliphatic heterocycles. The molecule has 0 aromatic heterocycles. The third kappa shape index (κ3) is 5.30. The standard InChI is InChI=1S/C13H10BF4O2.K/c15-10-4-5-12(14(16,17)18)13(7-10)20-8-9-2-1-3-11(19)6-9;/h1-7,19H,8H2;/q-1;+1. The van der Waals surface area contributed by atoms with E-state index in [1.54, 1.807) is 6.07 Å². The van der Waals surface area contributed by atoms with Gasteiger partial charge in [0.25, 0.3) is 0 Å². The molecule has 0 heterocycles. The van der Waals surface area contributed by atoms with Gasteiger partial charge in [0.2, 0.25) is 0 Å².